The monoisotopic (exact) mass is 216 g/mol. The number of hydrogen-bond donors (Lipinski definition) is 1. The van der Waals surface area contributed by atoms with Gasteiger partial charge in [-0.15, -0.1) is 11.3 Å². The van der Waals surface area contributed by atoms with Crippen LogP contribution in [-0.2, 0) is 0 Å². The molecule has 0 spiro atoms. The van der Waals surface area contributed by atoms with Gasteiger partial charge in [0.05, 0.1) is 16.9 Å². The molecular weight excluding hydrogens is 208 g/mol. The van der Waals surface area contributed by atoms with Gasteiger partial charge < -0.3 is 10.2 Å². The first kappa shape index (κ1) is 8.49. The summed E-state index contributed by atoms with van der Waals surface area (Å²) in [5.41, 5.74) is 10.9. The lowest BCUT2D eigenvalue weighted by Gasteiger charge is -1.94. The molecule has 3 nitrogen and oxygen atoms in total. The lowest BCUT2D eigenvalue weighted by atomic mass is 10.1. The van der Waals surface area contributed by atoms with Crippen LogP contribution in [0.3, 0.4) is 0 Å². The van der Waals surface area contributed by atoms with E-state index in [1.165, 1.54) is 0 Å². The van der Waals surface area contributed by atoms with Crippen molar-refractivity contribution >= 4 is 28.0 Å². The first-order chi connectivity index (χ1) is 7.36. The Balaban J connectivity index is 2.34. The molecule has 0 amide bonds. The second kappa shape index (κ2) is 3.10. The highest BCUT2D eigenvalue weighted by Crippen LogP contribution is 2.32. The number of nitrogen functional groups attached to an aromatic ring is 1. The van der Waals surface area contributed by atoms with Crippen LogP contribution in [0, 0.1) is 0 Å². The van der Waals surface area contributed by atoms with Gasteiger partial charge in [0.15, 0.2) is 5.58 Å². The number of hydrogen-bond acceptors (Lipinski definition) is 4. The van der Waals surface area contributed by atoms with Crippen LogP contribution in [0.4, 0.5) is 5.69 Å². The zero-order valence-electron chi connectivity index (χ0n) is 7.81. The number of benzene rings is 1. The van der Waals surface area contributed by atoms with Crippen molar-refractivity contribution in [2.45, 2.75) is 0 Å². The summed E-state index contributed by atoms with van der Waals surface area (Å²) in [4.78, 5) is 4.26. The van der Waals surface area contributed by atoms with Gasteiger partial charge in [0.25, 0.3) is 0 Å². The van der Waals surface area contributed by atoms with Gasteiger partial charge >= 0.3 is 0 Å². The van der Waals surface area contributed by atoms with E-state index in [-0.39, 0.29) is 0 Å². The third kappa shape index (κ3) is 1.22. The highest BCUT2D eigenvalue weighted by Gasteiger charge is 2.10. The lowest BCUT2D eigenvalue weighted by Crippen LogP contribution is -1.83. The number of nitrogens with zero attached hydrogens (tertiary/aromatic N) is 1. The molecule has 1 aromatic carbocycles. The molecule has 0 saturated carbocycles. The van der Waals surface area contributed by atoms with Crippen molar-refractivity contribution in [1.82, 2.24) is 4.98 Å². The molecule has 15 heavy (non-hydrogen) atoms. The molecule has 0 radical (unpaired) electrons. The normalized spacial score (nSPS) is 10.9. The summed E-state index contributed by atoms with van der Waals surface area (Å²) in [5, 5.41) is 3.01. The van der Waals surface area contributed by atoms with Crippen LogP contribution in [-0.4, -0.2) is 4.98 Å². The molecule has 0 bridgehead atoms. The van der Waals surface area contributed by atoms with E-state index in [1.54, 1.807) is 23.1 Å². The van der Waals surface area contributed by atoms with Crippen LogP contribution >= 0.6 is 11.3 Å². The Bertz CT molecular complexity index is 598. The van der Waals surface area contributed by atoms with E-state index < -0.39 is 0 Å². The van der Waals surface area contributed by atoms with Gasteiger partial charge in [-0.25, -0.2) is 4.98 Å². The molecule has 2 heterocycles. The summed E-state index contributed by atoms with van der Waals surface area (Å²) >= 11 is 1.57. The van der Waals surface area contributed by atoms with Crippen LogP contribution < -0.4 is 5.73 Å². The van der Waals surface area contributed by atoms with Crippen molar-refractivity contribution in [1.29, 1.82) is 0 Å². The van der Waals surface area contributed by atoms with Crippen LogP contribution in [0.5, 0.6) is 0 Å². The van der Waals surface area contributed by atoms with Crippen LogP contribution in [0.25, 0.3) is 22.2 Å². The van der Waals surface area contributed by atoms with E-state index in [4.69, 9.17) is 10.2 Å². The van der Waals surface area contributed by atoms with Crippen LogP contribution in [0.2, 0.25) is 0 Å². The Kier molecular flexibility index (Phi) is 1.76. The van der Waals surface area contributed by atoms with E-state index in [1.807, 2.05) is 23.6 Å². The standard InChI is InChI=1S/C11H8N2OS/c12-9-3-1-2-7-8(4-14-11(7)9)10-5-15-6-13-10/h1-6H,12H2. The summed E-state index contributed by atoms with van der Waals surface area (Å²) in [6, 6.07) is 5.74. The minimum Gasteiger partial charge on any atom is -0.461 e. The molecule has 3 aromatic rings. The largest absolute Gasteiger partial charge is 0.461 e. The van der Waals surface area contributed by atoms with Gasteiger partial charge in [0.2, 0.25) is 0 Å². The third-order valence-electron chi connectivity index (χ3n) is 2.34. The summed E-state index contributed by atoms with van der Waals surface area (Å²) in [5.74, 6) is 0. The maximum Gasteiger partial charge on any atom is 0.157 e. The first-order valence-corrected chi connectivity index (χ1v) is 5.45. The number of furan rings is 1. The molecule has 0 fully saturated rings. The van der Waals surface area contributed by atoms with Gasteiger partial charge in [-0.1, -0.05) is 12.1 Å². The number of para-hydroxylation sites is 1. The van der Waals surface area contributed by atoms with E-state index in [0.29, 0.717) is 5.69 Å². The third-order valence-corrected chi connectivity index (χ3v) is 2.93. The Labute approximate surface area is 90.2 Å². The molecule has 74 valence electrons. The average molecular weight is 216 g/mol. The van der Waals surface area contributed by atoms with E-state index in [0.717, 1.165) is 22.2 Å². The summed E-state index contributed by atoms with van der Waals surface area (Å²) in [7, 11) is 0. The van der Waals surface area contributed by atoms with E-state index >= 15 is 0 Å². The highest BCUT2D eigenvalue weighted by molar-refractivity contribution is 7.07. The second-order valence-electron chi connectivity index (χ2n) is 3.25. The van der Waals surface area contributed by atoms with Gasteiger partial charge in [-0.3, -0.25) is 0 Å². The fourth-order valence-electron chi connectivity index (χ4n) is 1.62. The SMILES string of the molecule is Nc1cccc2c(-c3cscn3)coc12. The molecule has 4 heteroatoms. The van der Waals surface area contributed by atoms with Crippen LogP contribution in [0.15, 0.2) is 39.8 Å². The predicted molar refractivity (Wildman–Crippen MR) is 61.7 cm³/mol. The average Bonchev–Trinajstić information content (AvgIpc) is 2.85. The van der Waals surface area contributed by atoms with Crippen molar-refractivity contribution < 1.29 is 4.42 Å². The number of nitrogens with two attached hydrogens (primary N) is 1. The predicted octanol–water partition coefficient (Wildman–Crippen LogP) is 3.14. The van der Waals surface area contributed by atoms with E-state index in [9.17, 15) is 0 Å². The van der Waals surface area contributed by atoms with Gasteiger partial charge in [0.1, 0.15) is 6.26 Å². The van der Waals surface area contributed by atoms with Crippen molar-refractivity contribution in [2.24, 2.45) is 0 Å². The molecule has 3 rings (SSSR count). The molecule has 0 unspecified atom stereocenters. The van der Waals surface area contributed by atoms with E-state index in [2.05, 4.69) is 4.98 Å². The molecule has 2 aromatic heterocycles. The topological polar surface area (TPSA) is 52.0 Å². The quantitative estimate of drug-likeness (QED) is 0.636. The minimum absolute atomic E-state index is 0.661. The number of anilines is 1. The molecule has 2 N–H and O–H groups in total. The Morgan fingerprint density at radius 1 is 1.33 bits per heavy atom. The maximum absolute atomic E-state index is 5.81. The van der Waals surface area contributed by atoms with Crippen molar-refractivity contribution in [2.75, 3.05) is 5.73 Å². The Morgan fingerprint density at radius 2 is 2.27 bits per heavy atom. The molecule has 0 aliphatic carbocycles. The second-order valence-corrected chi connectivity index (χ2v) is 3.97. The minimum atomic E-state index is 0.661. The van der Waals surface area contributed by atoms with Crippen molar-refractivity contribution in [3.8, 4) is 11.3 Å². The Hall–Kier alpha value is -1.81. The molecule has 0 atom stereocenters. The van der Waals surface area contributed by atoms with Crippen molar-refractivity contribution in [3.05, 3.63) is 35.4 Å². The fraction of sp³-hybridized carbons (Fsp3) is 0. The number of aromatic nitrogens is 1. The zero-order valence-corrected chi connectivity index (χ0v) is 8.62. The number of rotatable bonds is 1. The highest BCUT2D eigenvalue weighted by atomic mass is 32.1. The maximum atomic E-state index is 5.81. The Morgan fingerprint density at radius 3 is 3.07 bits per heavy atom. The van der Waals surface area contributed by atoms with Gasteiger partial charge in [0, 0.05) is 16.3 Å². The number of fused-ring (bicyclic) bond motifs is 1. The van der Waals surface area contributed by atoms with Gasteiger partial charge in [-0.2, -0.15) is 0 Å². The fourth-order valence-corrected chi connectivity index (χ4v) is 2.18. The van der Waals surface area contributed by atoms with Crippen molar-refractivity contribution in [3.63, 3.8) is 0 Å². The van der Waals surface area contributed by atoms with Crippen LogP contribution in [0.1, 0.15) is 0 Å². The van der Waals surface area contributed by atoms with Gasteiger partial charge in [-0.05, 0) is 6.07 Å². The summed E-state index contributed by atoms with van der Waals surface area (Å²) in [6.07, 6.45) is 1.70. The molecule has 0 aliphatic rings. The smallest absolute Gasteiger partial charge is 0.157 e. The lowest BCUT2D eigenvalue weighted by molar-refractivity contribution is 0.618. The number of thiazole rings is 1. The zero-order chi connectivity index (χ0) is 10.3. The molecule has 0 aliphatic heterocycles. The summed E-state index contributed by atoms with van der Waals surface area (Å²) < 4.78 is 5.44. The molecule has 0 saturated heterocycles. The molecular formula is C11H8N2OS. The summed E-state index contributed by atoms with van der Waals surface area (Å²) in [6.45, 7) is 0. The first-order valence-electron chi connectivity index (χ1n) is 4.50.